The summed E-state index contributed by atoms with van der Waals surface area (Å²) in [4.78, 5) is 38.4. The molecule has 0 aliphatic rings. The monoisotopic (exact) mass is 386 g/mol. The highest BCUT2D eigenvalue weighted by atomic mass is 32.2. The lowest BCUT2D eigenvalue weighted by Crippen LogP contribution is -2.20. The van der Waals surface area contributed by atoms with Crippen LogP contribution in [0.4, 0.5) is 5.69 Å². The Labute approximate surface area is 157 Å². The average molecular weight is 386 g/mol. The Bertz CT molecular complexity index is 1000. The zero-order valence-corrected chi connectivity index (χ0v) is 14.6. The van der Waals surface area contributed by atoms with Crippen molar-refractivity contribution >= 4 is 46.4 Å². The molecule has 1 heterocycles. The predicted octanol–water partition coefficient (Wildman–Crippen LogP) is 3.10. The van der Waals surface area contributed by atoms with E-state index in [-0.39, 0.29) is 11.1 Å². The number of nitrogens with zero attached hydrogens (tertiary/aromatic N) is 1. The first-order chi connectivity index (χ1) is 12.9. The van der Waals surface area contributed by atoms with Crippen molar-refractivity contribution in [2.24, 2.45) is 0 Å². The van der Waals surface area contributed by atoms with Gasteiger partial charge in [0.25, 0.3) is 11.1 Å². The third kappa shape index (κ3) is 4.64. The number of fused-ring (bicyclic) bond motifs is 1. The average Bonchev–Trinajstić information content (AvgIpc) is 3.03. The number of carbonyl (C=O) groups is 3. The number of carboxylic acid groups (broad SMARTS) is 2. The first-order valence-electron chi connectivity index (χ1n) is 7.80. The molecule has 0 spiro atoms. The van der Waals surface area contributed by atoms with E-state index < -0.39 is 23.6 Å². The highest BCUT2D eigenvalue weighted by Gasteiger charge is 2.25. The summed E-state index contributed by atoms with van der Waals surface area (Å²) in [6.07, 6.45) is -0.566. The molecule has 2 aromatic carbocycles. The Morgan fingerprint density at radius 1 is 1.11 bits per heavy atom. The predicted molar refractivity (Wildman–Crippen MR) is 97.9 cm³/mol. The maximum Gasteiger partial charge on any atom is 0.317 e. The molecular formula is C18H14N2O6S. The van der Waals surface area contributed by atoms with Crippen LogP contribution in [0.15, 0.2) is 58.2 Å². The van der Waals surface area contributed by atoms with E-state index in [0.29, 0.717) is 34.1 Å². The molecule has 0 aliphatic heterocycles. The maximum absolute atomic E-state index is 12.3. The van der Waals surface area contributed by atoms with Crippen molar-refractivity contribution in [3.05, 3.63) is 54.1 Å². The molecule has 3 N–H and O–H groups in total. The van der Waals surface area contributed by atoms with Gasteiger partial charge in [-0.15, -0.1) is 0 Å². The molecule has 138 valence electrons. The first-order valence-corrected chi connectivity index (χ1v) is 8.68. The van der Waals surface area contributed by atoms with Crippen LogP contribution in [-0.2, 0) is 9.59 Å². The van der Waals surface area contributed by atoms with E-state index in [1.54, 1.807) is 36.4 Å². The lowest BCUT2D eigenvalue weighted by molar-refractivity contribution is -0.142. The molecule has 0 aliphatic carbocycles. The van der Waals surface area contributed by atoms with E-state index in [4.69, 9.17) is 14.6 Å². The van der Waals surface area contributed by atoms with Crippen LogP contribution in [0.5, 0.6) is 0 Å². The molecular weight excluding hydrogens is 372 g/mol. The zero-order chi connectivity index (χ0) is 19.4. The van der Waals surface area contributed by atoms with E-state index in [2.05, 4.69) is 10.3 Å². The Morgan fingerprint density at radius 3 is 2.52 bits per heavy atom. The minimum Gasteiger partial charge on any atom is -0.481 e. The summed E-state index contributed by atoms with van der Waals surface area (Å²) < 4.78 is 5.49. The Morgan fingerprint density at radius 2 is 1.85 bits per heavy atom. The van der Waals surface area contributed by atoms with Gasteiger partial charge in [-0.2, -0.15) is 0 Å². The number of benzene rings is 2. The summed E-state index contributed by atoms with van der Waals surface area (Å²) in [6.45, 7) is 0. The van der Waals surface area contributed by atoms with Crippen molar-refractivity contribution in [2.45, 2.75) is 16.9 Å². The summed E-state index contributed by atoms with van der Waals surface area (Å²) >= 11 is 0.709. The second-order valence-corrected chi connectivity index (χ2v) is 6.68. The molecule has 3 aromatic rings. The van der Waals surface area contributed by atoms with E-state index in [0.717, 1.165) is 0 Å². The van der Waals surface area contributed by atoms with Crippen LogP contribution in [0.25, 0.3) is 11.1 Å². The summed E-state index contributed by atoms with van der Waals surface area (Å²) in [5.41, 5.74) is 1.74. The maximum atomic E-state index is 12.3. The van der Waals surface area contributed by atoms with Gasteiger partial charge in [0.2, 0.25) is 0 Å². The van der Waals surface area contributed by atoms with Gasteiger partial charge in [0, 0.05) is 11.3 Å². The quantitative estimate of drug-likeness (QED) is 0.528. The lowest BCUT2D eigenvalue weighted by atomic mass is 10.2. The van der Waals surface area contributed by atoms with Crippen LogP contribution in [-0.4, -0.2) is 38.3 Å². The van der Waals surface area contributed by atoms with Gasteiger partial charge in [-0.3, -0.25) is 14.4 Å². The Hall–Kier alpha value is -3.33. The van der Waals surface area contributed by atoms with Crippen molar-refractivity contribution in [1.29, 1.82) is 0 Å². The second kappa shape index (κ2) is 7.92. The summed E-state index contributed by atoms with van der Waals surface area (Å²) in [7, 11) is 0. The zero-order valence-electron chi connectivity index (χ0n) is 13.8. The molecule has 3 rings (SSSR count). The van der Waals surface area contributed by atoms with Crippen LogP contribution in [0.1, 0.15) is 16.8 Å². The van der Waals surface area contributed by atoms with E-state index >= 15 is 0 Å². The SMILES string of the molecule is O=C(O)CC(Sc1nc2ccc(C(=O)Nc3ccccc3)cc2o1)C(=O)O. The molecule has 8 nitrogen and oxygen atoms in total. The van der Waals surface area contributed by atoms with Gasteiger partial charge in [-0.05, 0) is 30.3 Å². The minimum absolute atomic E-state index is 0.0271. The van der Waals surface area contributed by atoms with Gasteiger partial charge >= 0.3 is 11.9 Å². The van der Waals surface area contributed by atoms with E-state index in [1.165, 1.54) is 6.07 Å². The second-order valence-electron chi connectivity index (χ2n) is 5.53. The summed E-state index contributed by atoms with van der Waals surface area (Å²) in [6, 6.07) is 13.6. The normalized spacial score (nSPS) is 11.9. The molecule has 0 saturated heterocycles. The van der Waals surface area contributed by atoms with Gasteiger partial charge in [0.05, 0.1) is 6.42 Å². The number of rotatable bonds is 7. The molecule has 0 radical (unpaired) electrons. The highest BCUT2D eigenvalue weighted by Crippen LogP contribution is 2.29. The smallest absolute Gasteiger partial charge is 0.317 e. The highest BCUT2D eigenvalue weighted by molar-refractivity contribution is 8.00. The largest absolute Gasteiger partial charge is 0.481 e. The number of aliphatic carboxylic acids is 2. The van der Waals surface area contributed by atoms with Crippen LogP contribution in [0.2, 0.25) is 0 Å². The Kier molecular flexibility index (Phi) is 5.41. The molecule has 1 aromatic heterocycles. The number of thioether (sulfide) groups is 1. The third-order valence-electron chi connectivity index (χ3n) is 3.54. The Balaban J connectivity index is 1.79. The van der Waals surface area contributed by atoms with Gasteiger partial charge < -0.3 is 19.9 Å². The van der Waals surface area contributed by atoms with Crippen LogP contribution in [0.3, 0.4) is 0 Å². The minimum atomic E-state index is -1.27. The number of amides is 1. The van der Waals surface area contributed by atoms with Crippen LogP contribution in [0, 0.1) is 0 Å². The van der Waals surface area contributed by atoms with E-state index in [9.17, 15) is 14.4 Å². The van der Waals surface area contributed by atoms with Crippen LogP contribution >= 0.6 is 11.8 Å². The number of aromatic nitrogens is 1. The molecule has 0 saturated carbocycles. The number of anilines is 1. The van der Waals surface area contributed by atoms with E-state index in [1.807, 2.05) is 6.07 Å². The molecule has 1 atom stereocenters. The third-order valence-corrected chi connectivity index (χ3v) is 4.57. The molecule has 0 fully saturated rings. The van der Waals surface area contributed by atoms with Gasteiger partial charge in [-0.1, -0.05) is 30.0 Å². The van der Waals surface area contributed by atoms with Crippen molar-refractivity contribution in [3.63, 3.8) is 0 Å². The number of carboxylic acids is 2. The van der Waals surface area contributed by atoms with Gasteiger partial charge in [0.1, 0.15) is 10.8 Å². The first kappa shape index (κ1) is 18.5. The number of oxazole rings is 1. The molecule has 0 bridgehead atoms. The van der Waals surface area contributed by atoms with Crippen molar-refractivity contribution in [2.75, 3.05) is 5.32 Å². The number of hydrogen-bond donors (Lipinski definition) is 3. The summed E-state index contributed by atoms with van der Waals surface area (Å²) in [5.74, 6) is -2.83. The molecule has 27 heavy (non-hydrogen) atoms. The molecule has 1 amide bonds. The fourth-order valence-electron chi connectivity index (χ4n) is 2.28. The van der Waals surface area contributed by atoms with Gasteiger partial charge in [0.15, 0.2) is 5.58 Å². The topological polar surface area (TPSA) is 130 Å². The van der Waals surface area contributed by atoms with Crippen molar-refractivity contribution in [3.8, 4) is 0 Å². The standard InChI is InChI=1S/C18H14N2O6S/c21-15(22)9-14(17(24)25)27-18-20-12-7-6-10(8-13(12)26-18)16(23)19-11-4-2-1-3-5-11/h1-8,14H,9H2,(H,19,23)(H,21,22)(H,24,25). The van der Waals surface area contributed by atoms with Crippen LogP contribution < -0.4 is 5.32 Å². The number of nitrogens with one attached hydrogen (secondary N) is 1. The lowest BCUT2D eigenvalue weighted by Gasteiger charge is -2.05. The fourth-order valence-corrected chi connectivity index (χ4v) is 3.14. The summed E-state index contributed by atoms with van der Waals surface area (Å²) in [5, 5.41) is 19.5. The van der Waals surface area contributed by atoms with Gasteiger partial charge in [-0.25, -0.2) is 4.98 Å². The molecule has 9 heteroatoms. The van der Waals surface area contributed by atoms with Crippen molar-refractivity contribution in [1.82, 2.24) is 4.98 Å². The molecule has 1 unspecified atom stereocenters. The number of carbonyl (C=O) groups excluding carboxylic acids is 1. The van der Waals surface area contributed by atoms with Crippen molar-refractivity contribution < 1.29 is 29.0 Å². The fraction of sp³-hybridized carbons (Fsp3) is 0.111. The number of para-hydroxylation sites is 1. The number of hydrogen-bond acceptors (Lipinski definition) is 6.